The number of ether oxygens (including phenoxy) is 2. The molecule has 1 aromatic rings. The average molecular weight is 279 g/mol. The predicted molar refractivity (Wildman–Crippen MR) is 79.9 cm³/mol. The molecule has 0 aromatic heterocycles. The van der Waals surface area contributed by atoms with Crippen LogP contribution in [0.5, 0.6) is 5.75 Å². The maximum absolute atomic E-state index is 11.9. The van der Waals surface area contributed by atoms with Crippen LogP contribution >= 0.6 is 0 Å². The lowest BCUT2D eigenvalue weighted by Crippen LogP contribution is -2.40. The van der Waals surface area contributed by atoms with Crippen molar-refractivity contribution < 1.29 is 14.3 Å². The Balaban J connectivity index is 2.65. The summed E-state index contributed by atoms with van der Waals surface area (Å²) in [6, 6.07) is 7.46. The van der Waals surface area contributed by atoms with Gasteiger partial charge in [0, 0.05) is 6.04 Å². The predicted octanol–water partition coefficient (Wildman–Crippen LogP) is 3.08. The Hall–Kier alpha value is -1.55. The number of esters is 1. The monoisotopic (exact) mass is 279 g/mol. The third-order valence-electron chi connectivity index (χ3n) is 2.85. The van der Waals surface area contributed by atoms with E-state index in [0.29, 0.717) is 0 Å². The molecule has 0 radical (unpaired) electrons. The Morgan fingerprint density at radius 2 is 1.90 bits per heavy atom. The molecule has 20 heavy (non-hydrogen) atoms. The Labute approximate surface area is 121 Å². The van der Waals surface area contributed by atoms with Crippen LogP contribution in [0.3, 0.4) is 0 Å². The van der Waals surface area contributed by atoms with Crippen molar-refractivity contribution in [2.75, 3.05) is 7.11 Å². The molecule has 0 aliphatic heterocycles. The molecule has 0 saturated carbocycles. The molecular weight excluding hydrogens is 254 g/mol. The lowest BCUT2D eigenvalue weighted by Gasteiger charge is -2.25. The molecule has 0 fully saturated rings. The zero-order chi connectivity index (χ0) is 15.3. The highest BCUT2D eigenvalue weighted by Gasteiger charge is 2.23. The summed E-state index contributed by atoms with van der Waals surface area (Å²) in [5, 5.41) is 3.24. The van der Waals surface area contributed by atoms with Crippen LogP contribution in [-0.2, 0) is 9.53 Å². The number of benzene rings is 1. The minimum atomic E-state index is -0.466. The summed E-state index contributed by atoms with van der Waals surface area (Å²) >= 11 is 0. The molecule has 0 saturated heterocycles. The summed E-state index contributed by atoms with van der Waals surface area (Å²) < 4.78 is 10.6. The van der Waals surface area contributed by atoms with E-state index < -0.39 is 5.60 Å². The van der Waals surface area contributed by atoms with Crippen LogP contribution in [0, 0.1) is 0 Å². The highest BCUT2D eigenvalue weighted by Crippen LogP contribution is 2.19. The number of carbonyl (C=O) groups is 1. The molecule has 0 bridgehead atoms. The van der Waals surface area contributed by atoms with Crippen molar-refractivity contribution in [3.63, 3.8) is 0 Å². The highest BCUT2D eigenvalue weighted by atomic mass is 16.6. The van der Waals surface area contributed by atoms with Crippen LogP contribution < -0.4 is 10.1 Å². The lowest BCUT2D eigenvalue weighted by atomic mass is 10.1. The molecule has 0 spiro atoms. The zero-order valence-corrected chi connectivity index (χ0v) is 13.2. The van der Waals surface area contributed by atoms with Gasteiger partial charge >= 0.3 is 5.97 Å². The molecule has 0 aliphatic carbocycles. The third kappa shape index (κ3) is 5.21. The second-order valence-electron chi connectivity index (χ2n) is 5.92. The minimum Gasteiger partial charge on any atom is -0.497 e. The number of carbonyl (C=O) groups excluding carboxylic acids is 1. The van der Waals surface area contributed by atoms with E-state index in [2.05, 4.69) is 5.32 Å². The SMILES string of the molecule is COc1cccc([C@@H](C)NC(C)C(=O)OC(C)(C)C)c1. The first kappa shape index (κ1) is 16.5. The van der Waals surface area contributed by atoms with Gasteiger partial charge in [-0.2, -0.15) is 0 Å². The van der Waals surface area contributed by atoms with Crippen molar-refractivity contribution in [1.29, 1.82) is 0 Å². The second-order valence-corrected chi connectivity index (χ2v) is 5.92. The number of hydrogen-bond acceptors (Lipinski definition) is 4. The summed E-state index contributed by atoms with van der Waals surface area (Å²) in [7, 11) is 1.64. The van der Waals surface area contributed by atoms with Crippen LogP contribution in [0.25, 0.3) is 0 Å². The van der Waals surface area contributed by atoms with Crippen molar-refractivity contribution in [3.05, 3.63) is 29.8 Å². The average Bonchev–Trinajstić information content (AvgIpc) is 2.36. The summed E-state index contributed by atoms with van der Waals surface area (Å²) in [6.45, 7) is 9.41. The molecule has 0 amide bonds. The first-order valence-electron chi connectivity index (χ1n) is 6.86. The second kappa shape index (κ2) is 6.75. The number of nitrogens with one attached hydrogen (secondary N) is 1. The van der Waals surface area contributed by atoms with Crippen molar-refractivity contribution in [3.8, 4) is 5.75 Å². The molecule has 1 N–H and O–H groups in total. The van der Waals surface area contributed by atoms with Crippen molar-refractivity contribution in [2.45, 2.75) is 52.3 Å². The molecule has 2 atom stereocenters. The third-order valence-corrected chi connectivity index (χ3v) is 2.85. The summed E-state index contributed by atoms with van der Waals surface area (Å²) in [4.78, 5) is 11.9. The molecule has 1 rings (SSSR count). The largest absolute Gasteiger partial charge is 0.497 e. The van der Waals surface area contributed by atoms with Gasteiger partial charge in [-0.15, -0.1) is 0 Å². The quantitative estimate of drug-likeness (QED) is 0.841. The van der Waals surface area contributed by atoms with Gasteiger partial charge in [0.2, 0.25) is 0 Å². The molecule has 0 heterocycles. The lowest BCUT2D eigenvalue weighted by molar-refractivity contribution is -0.157. The smallest absolute Gasteiger partial charge is 0.323 e. The molecular formula is C16H25NO3. The van der Waals surface area contributed by atoms with E-state index in [9.17, 15) is 4.79 Å². The molecule has 4 heteroatoms. The minimum absolute atomic E-state index is 0.0348. The van der Waals surface area contributed by atoms with E-state index in [0.717, 1.165) is 11.3 Å². The highest BCUT2D eigenvalue weighted by molar-refractivity contribution is 5.75. The summed E-state index contributed by atoms with van der Waals surface area (Å²) in [5.74, 6) is 0.563. The first-order valence-corrected chi connectivity index (χ1v) is 6.86. The van der Waals surface area contributed by atoms with E-state index in [1.807, 2.05) is 58.9 Å². The normalized spacial score (nSPS) is 14.5. The molecule has 1 unspecified atom stereocenters. The van der Waals surface area contributed by atoms with Gasteiger partial charge < -0.3 is 9.47 Å². The van der Waals surface area contributed by atoms with Crippen LogP contribution in [0.15, 0.2) is 24.3 Å². The van der Waals surface area contributed by atoms with E-state index in [4.69, 9.17) is 9.47 Å². The standard InChI is InChI=1S/C16H25NO3/c1-11(13-8-7-9-14(10-13)19-6)17-12(2)15(18)20-16(3,4)5/h7-12,17H,1-6H3/t11-,12?/m1/s1. The number of hydrogen-bond donors (Lipinski definition) is 1. The molecule has 4 nitrogen and oxygen atoms in total. The van der Waals surface area contributed by atoms with Crippen LogP contribution in [0.4, 0.5) is 0 Å². The van der Waals surface area contributed by atoms with E-state index in [1.165, 1.54) is 0 Å². The topological polar surface area (TPSA) is 47.6 Å². The number of methoxy groups -OCH3 is 1. The maximum Gasteiger partial charge on any atom is 0.323 e. The molecule has 112 valence electrons. The van der Waals surface area contributed by atoms with Gasteiger partial charge in [0.15, 0.2) is 0 Å². The van der Waals surface area contributed by atoms with E-state index in [1.54, 1.807) is 7.11 Å². The van der Waals surface area contributed by atoms with Crippen molar-refractivity contribution in [1.82, 2.24) is 5.32 Å². The van der Waals surface area contributed by atoms with Crippen LogP contribution in [0.1, 0.15) is 46.2 Å². The first-order chi connectivity index (χ1) is 9.23. The fourth-order valence-corrected chi connectivity index (χ4v) is 1.84. The summed E-state index contributed by atoms with van der Waals surface area (Å²) in [6.07, 6.45) is 0. The van der Waals surface area contributed by atoms with Gasteiger partial charge in [-0.05, 0) is 52.3 Å². The van der Waals surface area contributed by atoms with Gasteiger partial charge in [0.1, 0.15) is 17.4 Å². The Morgan fingerprint density at radius 1 is 1.25 bits per heavy atom. The Kier molecular flexibility index (Phi) is 5.57. The molecule has 1 aromatic carbocycles. The van der Waals surface area contributed by atoms with E-state index >= 15 is 0 Å². The fraction of sp³-hybridized carbons (Fsp3) is 0.562. The van der Waals surface area contributed by atoms with Crippen molar-refractivity contribution >= 4 is 5.97 Å². The van der Waals surface area contributed by atoms with Crippen molar-refractivity contribution in [2.24, 2.45) is 0 Å². The fourth-order valence-electron chi connectivity index (χ4n) is 1.84. The van der Waals surface area contributed by atoms with Gasteiger partial charge in [-0.25, -0.2) is 0 Å². The van der Waals surface area contributed by atoms with Gasteiger partial charge in [-0.3, -0.25) is 10.1 Å². The van der Waals surface area contributed by atoms with Crippen LogP contribution in [0.2, 0.25) is 0 Å². The zero-order valence-electron chi connectivity index (χ0n) is 13.2. The Morgan fingerprint density at radius 3 is 2.45 bits per heavy atom. The van der Waals surface area contributed by atoms with E-state index in [-0.39, 0.29) is 18.1 Å². The van der Waals surface area contributed by atoms with Gasteiger partial charge in [0.05, 0.1) is 7.11 Å². The number of rotatable bonds is 5. The van der Waals surface area contributed by atoms with Gasteiger partial charge in [0.25, 0.3) is 0 Å². The van der Waals surface area contributed by atoms with Crippen LogP contribution in [-0.4, -0.2) is 24.7 Å². The summed E-state index contributed by atoms with van der Waals surface area (Å²) in [5.41, 5.74) is 0.603. The maximum atomic E-state index is 11.9. The Bertz CT molecular complexity index is 451. The van der Waals surface area contributed by atoms with Gasteiger partial charge in [-0.1, -0.05) is 12.1 Å². The molecule has 0 aliphatic rings.